The number of nitrogens with zero attached hydrogens (tertiary/aromatic N) is 3. The third-order valence-corrected chi connectivity index (χ3v) is 4.35. The second-order valence-corrected chi connectivity index (χ2v) is 6.36. The summed E-state index contributed by atoms with van der Waals surface area (Å²) in [4.78, 5) is 55.7. The van der Waals surface area contributed by atoms with Crippen LogP contribution in [0.25, 0.3) is 10.9 Å². The Morgan fingerprint density at radius 1 is 1.25 bits per heavy atom. The maximum absolute atomic E-state index is 13.2. The lowest BCUT2D eigenvalue weighted by atomic mass is 10.1. The number of aromatic amines is 1. The summed E-state index contributed by atoms with van der Waals surface area (Å²) in [7, 11) is 0. The van der Waals surface area contributed by atoms with Crippen LogP contribution < -0.4 is 15.8 Å². The monoisotopic (exact) mass is 379 g/mol. The van der Waals surface area contributed by atoms with E-state index in [2.05, 4.69) is 15.3 Å². The average molecular weight is 379 g/mol. The zero-order valence-electron chi connectivity index (χ0n) is 14.6. The zero-order chi connectivity index (χ0) is 20.0. The molecule has 0 atom stereocenters. The summed E-state index contributed by atoms with van der Waals surface area (Å²) in [6, 6.07) is 6.56. The Kier molecular flexibility index (Phi) is 3.88. The molecule has 2 amide bonds. The van der Waals surface area contributed by atoms with Gasteiger partial charge in [-0.3, -0.25) is 29.4 Å². The van der Waals surface area contributed by atoms with Gasteiger partial charge in [0, 0.05) is 35.3 Å². The van der Waals surface area contributed by atoms with Crippen molar-refractivity contribution in [2.75, 3.05) is 16.8 Å². The van der Waals surface area contributed by atoms with Crippen molar-refractivity contribution in [3.8, 4) is 0 Å². The molecule has 28 heavy (non-hydrogen) atoms. The second kappa shape index (κ2) is 6.27. The molecule has 10 nitrogen and oxygen atoms in total. The Bertz CT molecular complexity index is 1230. The Morgan fingerprint density at radius 2 is 2.04 bits per heavy atom. The summed E-state index contributed by atoms with van der Waals surface area (Å²) in [5.74, 6) is -0.813. The standard InChI is InChI=1S/C18H13N5O5/c1-9-4-14-17(19-7-9)22(8-16(25)21-14)18(26)12-6-15(24)20-13-3-2-10(23(27)28)5-11(12)13/h2-7H,8H2,1H3,(H,20,24)(H,21,25). The number of non-ortho nitro benzene ring substituents is 1. The second-order valence-electron chi connectivity index (χ2n) is 6.36. The van der Waals surface area contributed by atoms with Crippen LogP contribution in [0.15, 0.2) is 41.3 Å². The molecule has 0 spiro atoms. The van der Waals surface area contributed by atoms with Crippen LogP contribution in [0, 0.1) is 17.0 Å². The molecule has 140 valence electrons. The third kappa shape index (κ3) is 2.86. The summed E-state index contributed by atoms with van der Waals surface area (Å²) in [6.45, 7) is 1.51. The lowest BCUT2D eigenvalue weighted by Crippen LogP contribution is -2.43. The van der Waals surface area contributed by atoms with Gasteiger partial charge in [-0.15, -0.1) is 0 Å². The first-order valence-corrected chi connectivity index (χ1v) is 8.23. The van der Waals surface area contributed by atoms with Crippen LogP contribution in [0.3, 0.4) is 0 Å². The molecule has 10 heteroatoms. The molecule has 4 rings (SSSR count). The molecule has 0 aliphatic carbocycles. The van der Waals surface area contributed by atoms with E-state index in [0.717, 1.165) is 16.5 Å². The highest BCUT2D eigenvalue weighted by Gasteiger charge is 2.30. The fourth-order valence-corrected chi connectivity index (χ4v) is 3.12. The van der Waals surface area contributed by atoms with Crippen LogP contribution in [-0.4, -0.2) is 33.3 Å². The molecule has 3 heterocycles. The number of fused-ring (bicyclic) bond motifs is 2. The van der Waals surface area contributed by atoms with Crippen LogP contribution in [-0.2, 0) is 4.79 Å². The van der Waals surface area contributed by atoms with Gasteiger partial charge in [0.2, 0.25) is 11.5 Å². The fraction of sp³-hybridized carbons (Fsp3) is 0.111. The number of amides is 2. The van der Waals surface area contributed by atoms with E-state index < -0.39 is 22.3 Å². The molecule has 2 N–H and O–H groups in total. The highest BCUT2D eigenvalue weighted by atomic mass is 16.6. The average Bonchev–Trinajstić information content (AvgIpc) is 2.65. The Labute approximate surface area is 157 Å². The van der Waals surface area contributed by atoms with E-state index in [0.29, 0.717) is 5.69 Å². The number of aryl methyl sites for hydroxylation is 1. The predicted octanol–water partition coefficient (Wildman–Crippen LogP) is 1.74. The van der Waals surface area contributed by atoms with Crippen molar-refractivity contribution in [3.63, 3.8) is 0 Å². The molecule has 0 saturated carbocycles. The first-order valence-electron chi connectivity index (χ1n) is 8.23. The van der Waals surface area contributed by atoms with Gasteiger partial charge in [-0.2, -0.15) is 0 Å². The highest BCUT2D eigenvalue weighted by Crippen LogP contribution is 2.30. The summed E-state index contributed by atoms with van der Waals surface area (Å²) >= 11 is 0. The number of H-pyrrole nitrogens is 1. The van der Waals surface area contributed by atoms with Crippen LogP contribution >= 0.6 is 0 Å². The Hall–Kier alpha value is -4.08. The van der Waals surface area contributed by atoms with E-state index in [1.165, 1.54) is 18.2 Å². The van der Waals surface area contributed by atoms with E-state index >= 15 is 0 Å². The molecular weight excluding hydrogens is 366 g/mol. The molecule has 2 aromatic heterocycles. The van der Waals surface area contributed by atoms with Gasteiger partial charge in [0.1, 0.15) is 6.54 Å². The highest BCUT2D eigenvalue weighted by molar-refractivity contribution is 6.18. The minimum absolute atomic E-state index is 0.0505. The largest absolute Gasteiger partial charge is 0.322 e. The first kappa shape index (κ1) is 17.3. The van der Waals surface area contributed by atoms with Crippen LogP contribution in [0.1, 0.15) is 15.9 Å². The summed E-state index contributed by atoms with van der Waals surface area (Å²) in [5, 5.41) is 14.0. The molecule has 1 aliphatic rings. The molecule has 3 aromatic rings. The van der Waals surface area contributed by atoms with E-state index in [4.69, 9.17) is 0 Å². The van der Waals surface area contributed by atoms with Gasteiger partial charge in [0.25, 0.3) is 11.6 Å². The molecule has 0 unspecified atom stereocenters. The normalized spacial score (nSPS) is 13.2. The number of rotatable bonds is 2. The molecule has 1 aliphatic heterocycles. The van der Waals surface area contributed by atoms with E-state index in [9.17, 15) is 24.5 Å². The summed E-state index contributed by atoms with van der Waals surface area (Å²) < 4.78 is 0. The van der Waals surface area contributed by atoms with Gasteiger partial charge < -0.3 is 10.3 Å². The number of benzene rings is 1. The van der Waals surface area contributed by atoms with Crippen LogP contribution in [0.4, 0.5) is 17.2 Å². The molecule has 0 radical (unpaired) electrons. The minimum atomic E-state index is -0.649. The fourth-order valence-electron chi connectivity index (χ4n) is 3.12. The maximum atomic E-state index is 13.2. The SMILES string of the molecule is Cc1cnc2c(c1)NC(=O)CN2C(=O)c1cc(=O)[nH]c2ccc([N+](=O)[O-])cc12. The lowest BCUT2D eigenvalue weighted by molar-refractivity contribution is -0.384. The van der Waals surface area contributed by atoms with Gasteiger partial charge in [-0.05, 0) is 24.6 Å². The summed E-state index contributed by atoms with van der Waals surface area (Å²) in [6.07, 6.45) is 1.55. The van der Waals surface area contributed by atoms with Crippen molar-refractivity contribution in [3.05, 3.63) is 68.1 Å². The van der Waals surface area contributed by atoms with Gasteiger partial charge in [-0.1, -0.05) is 0 Å². The molecule has 0 saturated heterocycles. The number of hydrogen-bond donors (Lipinski definition) is 2. The number of anilines is 2. The van der Waals surface area contributed by atoms with Gasteiger partial charge in [0.05, 0.1) is 16.2 Å². The number of aromatic nitrogens is 2. The molecular formula is C18H13N5O5. The molecule has 0 fully saturated rings. The zero-order valence-corrected chi connectivity index (χ0v) is 14.6. The Morgan fingerprint density at radius 3 is 2.79 bits per heavy atom. The third-order valence-electron chi connectivity index (χ3n) is 4.35. The smallest absolute Gasteiger partial charge is 0.270 e. The van der Waals surface area contributed by atoms with Crippen LogP contribution in [0.5, 0.6) is 0 Å². The number of carbonyl (C=O) groups excluding carboxylic acids is 2. The van der Waals surface area contributed by atoms with E-state index in [1.807, 2.05) is 0 Å². The van der Waals surface area contributed by atoms with Gasteiger partial charge in [-0.25, -0.2) is 4.98 Å². The van der Waals surface area contributed by atoms with Crippen molar-refractivity contribution >= 4 is 39.9 Å². The van der Waals surface area contributed by atoms with Crippen molar-refractivity contribution in [2.24, 2.45) is 0 Å². The first-order chi connectivity index (χ1) is 13.3. The minimum Gasteiger partial charge on any atom is -0.322 e. The van der Waals surface area contributed by atoms with E-state index in [1.54, 1.807) is 19.2 Å². The molecule has 0 bridgehead atoms. The Balaban J connectivity index is 1.90. The number of nitro benzene ring substituents is 1. The summed E-state index contributed by atoms with van der Waals surface area (Å²) in [5.41, 5.74) is 0.642. The molecule has 1 aromatic carbocycles. The van der Waals surface area contributed by atoms with Gasteiger partial charge >= 0.3 is 0 Å². The van der Waals surface area contributed by atoms with E-state index in [-0.39, 0.29) is 34.5 Å². The van der Waals surface area contributed by atoms with Gasteiger partial charge in [0.15, 0.2) is 5.82 Å². The number of carbonyl (C=O) groups is 2. The van der Waals surface area contributed by atoms with Crippen molar-refractivity contribution in [2.45, 2.75) is 6.92 Å². The number of hydrogen-bond acceptors (Lipinski definition) is 6. The number of nitro groups is 1. The quantitative estimate of drug-likeness (QED) is 0.514. The van der Waals surface area contributed by atoms with Crippen molar-refractivity contribution < 1.29 is 14.5 Å². The predicted molar refractivity (Wildman–Crippen MR) is 101 cm³/mol. The maximum Gasteiger partial charge on any atom is 0.270 e. The van der Waals surface area contributed by atoms with Crippen LogP contribution in [0.2, 0.25) is 0 Å². The number of nitrogens with one attached hydrogen (secondary N) is 2. The number of pyridine rings is 2. The lowest BCUT2D eigenvalue weighted by Gasteiger charge is -2.28. The van der Waals surface area contributed by atoms with Crippen molar-refractivity contribution in [1.29, 1.82) is 0 Å². The van der Waals surface area contributed by atoms with Crippen molar-refractivity contribution in [1.82, 2.24) is 9.97 Å². The topological polar surface area (TPSA) is 138 Å².